The lowest BCUT2D eigenvalue weighted by Crippen LogP contribution is -2.26. The van der Waals surface area contributed by atoms with Crippen LogP contribution in [0.4, 0.5) is 0 Å². The summed E-state index contributed by atoms with van der Waals surface area (Å²) in [4.78, 5) is 7.30. The highest BCUT2D eigenvalue weighted by molar-refractivity contribution is 7.89. The Morgan fingerprint density at radius 2 is 2.00 bits per heavy atom. The number of aryl methyl sites for hydroxylation is 1. The maximum absolute atomic E-state index is 12.0. The van der Waals surface area contributed by atoms with Gasteiger partial charge in [-0.1, -0.05) is 11.6 Å². The molecule has 1 heterocycles. The highest BCUT2D eigenvalue weighted by Gasteiger charge is 2.13. The van der Waals surface area contributed by atoms with Crippen LogP contribution in [0.2, 0.25) is 5.02 Å². The van der Waals surface area contributed by atoms with Crippen molar-refractivity contribution in [3.63, 3.8) is 0 Å². The van der Waals surface area contributed by atoms with Gasteiger partial charge in [0.1, 0.15) is 5.82 Å². The van der Waals surface area contributed by atoms with Gasteiger partial charge in [0.25, 0.3) is 0 Å². The third-order valence-corrected chi connectivity index (χ3v) is 4.29. The lowest BCUT2D eigenvalue weighted by Gasteiger charge is -2.06. The molecule has 0 atom stereocenters. The number of hydrogen-bond acceptors (Lipinski definition) is 3. The minimum absolute atomic E-state index is 0.206. The second-order valence-electron chi connectivity index (χ2n) is 4.10. The Morgan fingerprint density at radius 3 is 2.58 bits per heavy atom. The van der Waals surface area contributed by atoms with Crippen molar-refractivity contribution in [2.75, 3.05) is 6.54 Å². The maximum Gasteiger partial charge on any atom is 0.240 e. The Labute approximate surface area is 117 Å². The number of hydrogen-bond donors (Lipinski definition) is 2. The van der Waals surface area contributed by atoms with Crippen LogP contribution in [0.1, 0.15) is 11.5 Å². The summed E-state index contributed by atoms with van der Waals surface area (Å²) in [6, 6.07) is 6.05. The van der Waals surface area contributed by atoms with E-state index in [4.69, 9.17) is 11.6 Å². The first kappa shape index (κ1) is 14.0. The van der Waals surface area contributed by atoms with E-state index in [1.807, 2.05) is 6.92 Å². The molecule has 0 aliphatic heterocycles. The Balaban J connectivity index is 1.96. The van der Waals surface area contributed by atoms with Crippen LogP contribution in [-0.2, 0) is 16.4 Å². The third-order valence-electron chi connectivity index (χ3n) is 2.57. The molecule has 0 unspecified atom stereocenters. The molecule has 0 fully saturated rings. The van der Waals surface area contributed by atoms with E-state index >= 15 is 0 Å². The molecule has 0 saturated carbocycles. The van der Waals surface area contributed by atoms with Crippen molar-refractivity contribution >= 4 is 21.6 Å². The van der Waals surface area contributed by atoms with Crippen LogP contribution in [0.3, 0.4) is 0 Å². The van der Waals surface area contributed by atoms with Gasteiger partial charge in [0.15, 0.2) is 0 Å². The summed E-state index contributed by atoms with van der Waals surface area (Å²) < 4.78 is 26.5. The summed E-state index contributed by atoms with van der Waals surface area (Å²) in [5, 5.41) is 0.506. The van der Waals surface area contributed by atoms with Gasteiger partial charge >= 0.3 is 0 Å². The summed E-state index contributed by atoms with van der Waals surface area (Å²) >= 11 is 5.72. The summed E-state index contributed by atoms with van der Waals surface area (Å²) in [5.41, 5.74) is 0.899. The SMILES string of the molecule is Cc1ncc(CCNS(=O)(=O)c2ccc(Cl)cc2)[nH]1. The van der Waals surface area contributed by atoms with Crippen molar-refractivity contribution in [3.8, 4) is 0 Å². The van der Waals surface area contributed by atoms with Crippen molar-refractivity contribution < 1.29 is 8.42 Å². The van der Waals surface area contributed by atoms with Gasteiger partial charge in [-0.05, 0) is 31.2 Å². The number of halogens is 1. The number of rotatable bonds is 5. The fraction of sp³-hybridized carbons (Fsp3) is 0.250. The molecule has 19 heavy (non-hydrogen) atoms. The monoisotopic (exact) mass is 299 g/mol. The van der Waals surface area contributed by atoms with Gasteiger partial charge in [-0.25, -0.2) is 18.1 Å². The van der Waals surface area contributed by atoms with E-state index in [-0.39, 0.29) is 4.90 Å². The molecule has 1 aromatic heterocycles. The van der Waals surface area contributed by atoms with Crippen LogP contribution in [0.15, 0.2) is 35.4 Å². The molecule has 0 saturated heterocycles. The van der Waals surface area contributed by atoms with Gasteiger partial charge < -0.3 is 4.98 Å². The van der Waals surface area contributed by atoms with Gasteiger partial charge in [0.05, 0.1) is 4.90 Å². The van der Waals surface area contributed by atoms with Crippen LogP contribution >= 0.6 is 11.6 Å². The highest BCUT2D eigenvalue weighted by Crippen LogP contribution is 2.13. The molecule has 5 nitrogen and oxygen atoms in total. The lowest BCUT2D eigenvalue weighted by atomic mass is 10.3. The summed E-state index contributed by atoms with van der Waals surface area (Å²) in [6.07, 6.45) is 2.26. The van der Waals surface area contributed by atoms with Crippen LogP contribution in [0, 0.1) is 6.92 Å². The number of nitrogens with zero attached hydrogens (tertiary/aromatic N) is 1. The van der Waals surface area contributed by atoms with E-state index in [0.29, 0.717) is 18.0 Å². The number of sulfonamides is 1. The van der Waals surface area contributed by atoms with Crippen LogP contribution in [0.5, 0.6) is 0 Å². The predicted octanol–water partition coefficient (Wildman–Crippen LogP) is 1.89. The van der Waals surface area contributed by atoms with E-state index in [1.54, 1.807) is 18.3 Å². The van der Waals surface area contributed by atoms with Gasteiger partial charge in [-0.3, -0.25) is 0 Å². The molecular formula is C12H14ClN3O2S. The molecule has 2 rings (SSSR count). The molecule has 0 radical (unpaired) electrons. The smallest absolute Gasteiger partial charge is 0.240 e. The zero-order valence-corrected chi connectivity index (χ0v) is 11.9. The minimum atomic E-state index is -3.48. The highest BCUT2D eigenvalue weighted by atomic mass is 35.5. The van der Waals surface area contributed by atoms with Gasteiger partial charge in [-0.15, -0.1) is 0 Å². The van der Waals surface area contributed by atoms with Crippen molar-refractivity contribution in [1.29, 1.82) is 0 Å². The predicted molar refractivity (Wildman–Crippen MR) is 73.7 cm³/mol. The number of benzene rings is 1. The first-order valence-electron chi connectivity index (χ1n) is 5.73. The van der Waals surface area contributed by atoms with Crippen LogP contribution < -0.4 is 4.72 Å². The molecule has 102 valence electrons. The number of aromatic amines is 1. The van der Waals surface area contributed by atoms with E-state index in [1.165, 1.54) is 12.1 Å². The number of H-pyrrole nitrogens is 1. The van der Waals surface area contributed by atoms with E-state index in [2.05, 4.69) is 14.7 Å². The zero-order valence-electron chi connectivity index (χ0n) is 10.4. The number of imidazole rings is 1. The second kappa shape index (κ2) is 5.73. The van der Waals surface area contributed by atoms with Crippen molar-refractivity contribution in [1.82, 2.24) is 14.7 Å². The molecule has 0 spiro atoms. The van der Waals surface area contributed by atoms with E-state index < -0.39 is 10.0 Å². The molecule has 0 bridgehead atoms. The summed E-state index contributed by atoms with van der Waals surface area (Å²) in [7, 11) is -3.48. The average Bonchev–Trinajstić information content (AvgIpc) is 2.75. The van der Waals surface area contributed by atoms with E-state index in [9.17, 15) is 8.42 Å². The van der Waals surface area contributed by atoms with E-state index in [0.717, 1.165) is 11.5 Å². The standard InChI is InChI=1S/C12H14ClN3O2S/c1-9-14-8-11(16-9)6-7-15-19(17,18)12-4-2-10(13)3-5-12/h2-5,8,15H,6-7H2,1H3,(H,14,16). The number of aromatic nitrogens is 2. The first-order valence-corrected chi connectivity index (χ1v) is 7.59. The maximum atomic E-state index is 12.0. The number of nitrogens with one attached hydrogen (secondary N) is 2. The molecule has 7 heteroatoms. The summed E-state index contributed by atoms with van der Waals surface area (Å²) in [5.74, 6) is 0.815. The zero-order chi connectivity index (χ0) is 13.9. The molecular weight excluding hydrogens is 286 g/mol. The van der Waals surface area contributed by atoms with Crippen LogP contribution in [0.25, 0.3) is 0 Å². The Bertz CT molecular complexity index is 650. The minimum Gasteiger partial charge on any atom is -0.346 e. The fourth-order valence-corrected chi connectivity index (χ4v) is 2.77. The molecule has 1 aromatic carbocycles. The molecule has 0 amide bonds. The van der Waals surface area contributed by atoms with Crippen molar-refractivity contribution in [2.24, 2.45) is 0 Å². The third kappa shape index (κ3) is 3.79. The Kier molecular flexibility index (Phi) is 4.24. The average molecular weight is 300 g/mol. The molecule has 0 aliphatic rings. The van der Waals surface area contributed by atoms with Crippen molar-refractivity contribution in [2.45, 2.75) is 18.2 Å². The quantitative estimate of drug-likeness (QED) is 0.885. The molecule has 2 aromatic rings. The normalized spacial score (nSPS) is 11.7. The Morgan fingerprint density at radius 1 is 1.32 bits per heavy atom. The lowest BCUT2D eigenvalue weighted by molar-refractivity contribution is 0.581. The van der Waals surface area contributed by atoms with Gasteiger partial charge in [0, 0.05) is 29.9 Å². The van der Waals surface area contributed by atoms with Gasteiger partial charge in [-0.2, -0.15) is 0 Å². The second-order valence-corrected chi connectivity index (χ2v) is 6.30. The summed E-state index contributed by atoms with van der Waals surface area (Å²) in [6.45, 7) is 2.16. The van der Waals surface area contributed by atoms with Crippen molar-refractivity contribution in [3.05, 3.63) is 47.0 Å². The van der Waals surface area contributed by atoms with Crippen LogP contribution in [-0.4, -0.2) is 24.9 Å². The molecule has 2 N–H and O–H groups in total. The molecule has 0 aliphatic carbocycles. The largest absolute Gasteiger partial charge is 0.346 e. The fourth-order valence-electron chi connectivity index (χ4n) is 1.62. The topological polar surface area (TPSA) is 74.8 Å². The van der Waals surface area contributed by atoms with Gasteiger partial charge in [0.2, 0.25) is 10.0 Å². The first-order chi connectivity index (χ1) is 8.97. The Hall–Kier alpha value is -1.37.